The van der Waals surface area contributed by atoms with Crippen LogP contribution in [0.3, 0.4) is 0 Å². The van der Waals surface area contributed by atoms with Crippen LogP contribution in [0.2, 0.25) is 0 Å². The maximum atomic E-state index is 13.3. The highest BCUT2D eigenvalue weighted by atomic mass is 19.1. The number of carbonyl (C=O) groups is 3. The van der Waals surface area contributed by atoms with Gasteiger partial charge in [0.05, 0.1) is 32.2 Å². The Balaban J connectivity index is 0.000000316. The quantitative estimate of drug-likeness (QED) is 0.245. The zero-order valence-electron chi connectivity index (χ0n) is 23.7. The van der Waals surface area contributed by atoms with Crippen LogP contribution in [0, 0.1) is 5.82 Å². The SMILES string of the molecule is CCOCc1cc(CN2C3CCC2CC(O)(c2ccc(F)cc2)C3)ccc1OC.O=C(O)CC(O)(CC(=O)O)C(=O)O. The van der Waals surface area contributed by atoms with Gasteiger partial charge in [0.2, 0.25) is 0 Å². The molecule has 0 amide bonds. The molecule has 0 spiro atoms. The van der Waals surface area contributed by atoms with Crippen molar-refractivity contribution in [1.82, 2.24) is 4.90 Å². The van der Waals surface area contributed by atoms with Gasteiger partial charge < -0.3 is 35.0 Å². The maximum absolute atomic E-state index is 13.3. The fourth-order valence-electron chi connectivity index (χ4n) is 5.75. The van der Waals surface area contributed by atoms with Gasteiger partial charge in [-0.1, -0.05) is 18.2 Å². The predicted octanol–water partition coefficient (Wildman–Crippen LogP) is 3.14. The summed E-state index contributed by atoms with van der Waals surface area (Å²) in [7, 11) is 1.69. The minimum Gasteiger partial charge on any atom is -0.496 e. The number of methoxy groups -OCH3 is 1. The van der Waals surface area contributed by atoms with Crippen molar-refractivity contribution in [3.8, 4) is 5.75 Å². The Kier molecular flexibility index (Phi) is 11.0. The van der Waals surface area contributed by atoms with E-state index < -0.39 is 42.0 Å². The van der Waals surface area contributed by atoms with Crippen molar-refractivity contribution in [1.29, 1.82) is 0 Å². The number of rotatable bonds is 12. The molecule has 2 unspecified atom stereocenters. The second kappa shape index (κ2) is 14.1. The Bertz CT molecular complexity index is 1220. The number of ether oxygens (including phenoxy) is 2. The summed E-state index contributed by atoms with van der Waals surface area (Å²) in [5.41, 5.74) is -0.462. The first kappa shape index (κ1) is 32.9. The Morgan fingerprint density at radius 3 is 2.05 bits per heavy atom. The van der Waals surface area contributed by atoms with E-state index in [9.17, 15) is 23.9 Å². The third-order valence-corrected chi connectivity index (χ3v) is 7.76. The van der Waals surface area contributed by atoms with E-state index in [0.717, 1.165) is 36.3 Å². The molecule has 2 aromatic carbocycles. The summed E-state index contributed by atoms with van der Waals surface area (Å²) in [5.74, 6) is -4.43. The van der Waals surface area contributed by atoms with E-state index in [4.69, 9.17) is 29.9 Å². The van der Waals surface area contributed by atoms with Crippen LogP contribution in [0.25, 0.3) is 0 Å². The van der Waals surface area contributed by atoms with Crippen LogP contribution in [0.1, 0.15) is 62.1 Å². The number of nitrogens with zero attached hydrogens (tertiary/aromatic N) is 1. The molecule has 2 bridgehead atoms. The van der Waals surface area contributed by atoms with E-state index in [1.54, 1.807) is 19.2 Å². The molecule has 11 nitrogen and oxygen atoms in total. The summed E-state index contributed by atoms with van der Waals surface area (Å²) in [6, 6.07) is 13.3. The van der Waals surface area contributed by atoms with Crippen LogP contribution in [0.5, 0.6) is 5.75 Å². The molecule has 0 aromatic heterocycles. The second-order valence-corrected chi connectivity index (χ2v) is 10.8. The largest absolute Gasteiger partial charge is 0.496 e. The summed E-state index contributed by atoms with van der Waals surface area (Å²) in [4.78, 5) is 33.0. The minimum atomic E-state index is -2.74. The Morgan fingerprint density at radius 1 is 1.00 bits per heavy atom. The fraction of sp³-hybridized carbons (Fsp3) is 0.500. The molecule has 5 N–H and O–H groups in total. The summed E-state index contributed by atoms with van der Waals surface area (Å²) in [6.07, 6.45) is 1.28. The van der Waals surface area contributed by atoms with E-state index in [0.29, 0.717) is 38.1 Å². The van der Waals surface area contributed by atoms with Gasteiger partial charge in [-0.2, -0.15) is 0 Å². The third kappa shape index (κ3) is 8.25. The van der Waals surface area contributed by atoms with Crippen LogP contribution in [0.15, 0.2) is 42.5 Å². The first-order valence-corrected chi connectivity index (χ1v) is 13.7. The monoisotopic (exact) mass is 591 g/mol. The molecule has 4 rings (SSSR count). The molecule has 2 heterocycles. The lowest BCUT2D eigenvalue weighted by Crippen LogP contribution is -2.49. The van der Waals surface area contributed by atoms with E-state index in [-0.39, 0.29) is 5.82 Å². The number of hydrogen-bond acceptors (Lipinski definition) is 8. The summed E-state index contributed by atoms with van der Waals surface area (Å²) < 4.78 is 24.4. The van der Waals surface area contributed by atoms with E-state index in [1.807, 2.05) is 13.0 Å². The lowest BCUT2D eigenvalue weighted by atomic mass is 9.80. The van der Waals surface area contributed by atoms with Crippen molar-refractivity contribution < 1.29 is 53.8 Å². The van der Waals surface area contributed by atoms with Crippen molar-refractivity contribution in [3.05, 3.63) is 65.0 Å². The van der Waals surface area contributed by atoms with Gasteiger partial charge in [-0.05, 0) is 68.0 Å². The molecule has 230 valence electrons. The minimum absolute atomic E-state index is 0.264. The van der Waals surface area contributed by atoms with Crippen LogP contribution >= 0.6 is 0 Å². The average molecular weight is 592 g/mol. The molecule has 2 fully saturated rings. The van der Waals surface area contributed by atoms with Crippen molar-refractivity contribution in [3.63, 3.8) is 0 Å². The summed E-state index contributed by atoms with van der Waals surface area (Å²) in [6.45, 7) is 4.07. The first-order chi connectivity index (χ1) is 19.8. The summed E-state index contributed by atoms with van der Waals surface area (Å²) >= 11 is 0. The van der Waals surface area contributed by atoms with Gasteiger partial charge in [-0.15, -0.1) is 0 Å². The van der Waals surface area contributed by atoms with Crippen LogP contribution < -0.4 is 4.74 Å². The van der Waals surface area contributed by atoms with Crippen LogP contribution in [-0.4, -0.2) is 79.7 Å². The van der Waals surface area contributed by atoms with Crippen molar-refractivity contribution in [2.45, 2.75) is 81.9 Å². The van der Waals surface area contributed by atoms with Crippen molar-refractivity contribution >= 4 is 17.9 Å². The molecule has 0 radical (unpaired) electrons. The number of carboxylic acid groups (broad SMARTS) is 3. The Labute approximate surface area is 243 Å². The molecule has 2 saturated heterocycles. The van der Waals surface area contributed by atoms with Crippen molar-refractivity contribution in [2.75, 3.05) is 13.7 Å². The van der Waals surface area contributed by atoms with Gasteiger partial charge in [0.1, 0.15) is 11.6 Å². The number of aliphatic hydroxyl groups is 2. The zero-order chi connectivity index (χ0) is 31.1. The Hall–Kier alpha value is -3.58. The number of piperidine rings is 1. The molecule has 42 heavy (non-hydrogen) atoms. The van der Waals surface area contributed by atoms with E-state index >= 15 is 0 Å². The number of benzene rings is 2. The predicted molar refractivity (Wildman–Crippen MR) is 147 cm³/mol. The highest BCUT2D eigenvalue weighted by Gasteiger charge is 2.48. The highest BCUT2D eigenvalue weighted by Crippen LogP contribution is 2.46. The van der Waals surface area contributed by atoms with Crippen molar-refractivity contribution in [2.24, 2.45) is 0 Å². The number of halogens is 1. The van der Waals surface area contributed by atoms with Crippen LogP contribution in [-0.2, 0) is 37.9 Å². The smallest absolute Gasteiger partial charge is 0.336 e. The zero-order valence-corrected chi connectivity index (χ0v) is 23.7. The molecule has 2 atom stereocenters. The molecule has 12 heteroatoms. The average Bonchev–Trinajstić information content (AvgIpc) is 3.15. The molecule has 0 saturated carbocycles. The maximum Gasteiger partial charge on any atom is 0.336 e. The fourth-order valence-corrected chi connectivity index (χ4v) is 5.75. The molecular weight excluding hydrogens is 553 g/mol. The molecule has 2 aromatic rings. The molecule has 2 aliphatic rings. The van der Waals surface area contributed by atoms with Gasteiger partial charge in [0, 0.05) is 30.8 Å². The van der Waals surface area contributed by atoms with Gasteiger partial charge >= 0.3 is 17.9 Å². The number of fused-ring (bicyclic) bond motifs is 2. The lowest BCUT2D eigenvalue weighted by molar-refractivity contribution is -0.170. The first-order valence-electron chi connectivity index (χ1n) is 13.7. The van der Waals surface area contributed by atoms with Gasteiger partial charge in [0.15, 0.2) is 5.60 Å². The highest BCUT2D eigenvalue weighted by molar-refractivity contribution is 5.88. The van der Waals surface area contributed by atoms with Gasteiger partial charge in [-0.3, -0.25) is 14.5 Å². The normalized spacial score (nSPS) is 21.7. The van der Waals surface area contributed by atoms with Gasteiger partial charge in [0.25, 0.3) is 0 Å². The number of carboxylic acids is 3. The molecule has 0 aliphatic carbocycles. The van der Waals surface area contributed by atoms with E-state index in [2.05, 4.69) is 17.0 Å². The molecular formula is C30H38FNO10. The summed E-state index contributed by atoms with van der Waals surface area (Å²) in [5, 5.41) is 45.1. The van der Waals surface area contributed by atoms with E-state index in [1.165, 1.54) is 17.7 Å². The standard InChI is InChI=1S/C24H30FNO3.C6H8O7/c1-3-29-16-18-12-17(4-11-23(18)28-2)15-26-21-9-10-22(26)14-24(27,13-21)19-5-7-20(25)8-6-19;7-3(8)1-6(13,5(11)12)2-4(9)10/h4-8,11-12,21-22,27H,3,9-10,13-16H2,1-2H3;13H,1-2H2,(H,7,8)(H,9,10)(H,11,12). The lowest BCUT2D eigenvalue weighted by Gasteiger charge is -2.44. The topological polar surface area (TPSA) is 174 Å². The third-order valence-electron chi connectivity index (χ3n) is 7.76. The second-order valence-electron chi connectivity index (χ2n) is 10.8. The van der Waals surface area contributed by atoms with Crippen LogP contribution in [0.4, 0.5) is 4.39 Å². The Morgan fingerprint density at radius 2 is 1.57 bits per heavy atom. The van der Waals surface area contributed by atoms with Gasteiger partial charge in [-0.25, -0.2) is 9.18 Å². The molecule has 2 aliphatic heterocycles. The number of aliphatic carboxylic acids is 3. The number of hydrogen-bond donors (Lipinski definition) is 5.